The first-order valence-electron chi connectivity index (χ1n) is 10.5. The molecule has 0 N–H and O–H groups in total. The van der Waals surface area contributed by atoms with Gasteiger partial charge in [0.25, 0.3) is 11.2 Å². The van der Waals surface area contributed by atoms with Crippen LogP contribution in [0.3, 0.4) is 0 Å². The van der Waals surface area contributed by atoms with Gasteiger partial charge >= 0.3 is 5.69 Å². The molecule has 0 amide bonds. The van der Waals surface area contributed by atoms with E-state index in [1.165, 1.54) is 46.3 Å². The van der Waals surface area contributed by atoms with E-state index in [-0.39, 0.29) is 23.5 Å². The molecule has 0 unspecified atom stereocenters. The molecule has 0 atom stereocenters. The van der Waals surface area contributed by atoms with Crippen LogP contribution < -0.4 is 20.5 Å². The van der Waals surface area contributed by atoms with Crippen LogP contribution in [0.5, 0.6) is 0 Å². The van der Waals surface area contributed by atoms with E-state index in [0.717, 1.165) is 10.8 Å². The Hall–Kier alpha value is -3.19. The number of sulfonamides is 1. The van der Waals surface area contributed by atoms with E-state index in [1.54, 1.807) is 7.05 Å². The predicted octanol–water partition coefficient (Wildman–Crippen LogP) is -0.0295. The molecule has 0 aliphatic carbocycles. The average molecular weight is 481 g/mol. The van der Waals surface area contributed by atoms with Gasteiger partial charge in [0.05, 0.1) is 16.9 Å². The minimum absolute atomic E-state index is 0.0983. The molecule has 1 aromatic heterocycles. The van der Waals surface area contributed by atoms with Gasteiger partial charge in [-0.05, 0) is 18.6 Å². The number of rotatable bonds is 8. The van der Waals surface area contributed by atoms with Gasteiger partial charge in [-0.25, -0.2) is 13.2 Å². The summed E-state index contributed by atoms with van der Waals surface area (Å²) in [6, 6.07) is 6.91. The second kappa shape index (κ2) is 9.75. The normalized spacial score (nSPS) is 14.9. The highest BCUT2D eigenvalue weighted by Gasteiger charge is 2.22. The lowest BCUT2D eigenvalue weighted by Crippen LogP contribution is -2.49. The zero-order valence-corrected chi connectivity index (χ0v) is 19.7. The van der Waals surface area contributed by atoms with Crippen molar-refractivity contribution >= 4 is 27.2 Å². The van der Waals surface area contributed by atoms with Crippen molar-refractivity contribution in [3.05, 3.63) is 61.3 Å². The zero-order valence-electron chi connectivity index (χ0n) is 18.9. The van der Waals surface area contributed by atoms with E-state index >= 15 is 0 Å². The van der Waals surface area contributed by atoms with Crippen molar-refractivity contribution in [2.45, 2.75) is 6.42 Å². The van der Waals surface area contributed by atoms with Crippen LogP contribution in [-0.4, -0.2) is 72.9 Å². The Morgan fingerprint density at radius 1 is 1.03 bits per heavy atom. The van der Waals surface area contributed by atoms with E-state index in [2.05, 4.69) is 4.90 Å². The highest BCUT2D eigenvalue weighted by Crippen LogP contribution is 2.22. The molecule has 2 aromatic rings. The van der Waals surface area contributed by atoms with Crippen LogP contribution in [-0.2, 0) is 24.1 Å². The van der Waals surface area contributed by atoms with Gasteiger partial charge in [0.1, 0.15) is 5.82 Å². The van der Waals surface area contributed by atoms with Gasteiger partial charge in [0.15, 0.2) is 0 Å². The van der Waals surface area contributed by atoms with E-state index in [4.69, 9.17) is 0 Å². The smallest absolute Gasteiger partial charge is 0.332 e. The molecule has 1 aromatic carbocycles. The summed E-state index contributed by atoms with van der Waals surface area (Å²) in [5, 5.41) is 10.8. The number of piperazine rings is 1. The van der Waals surface area contributed by atoms with Crippen molar-refractivity contribution in [2.24, 2.45) is 14.1 Å². The first-order chi connectivity index (χ1) is 15.5. The third-order valence-electron chi connectivity index (χ3n) is 5.78. The molecule has 1 saturated heterocycles. The van der Waals surface area contributed by atoms with Crippen LogP contribution in [0.25, 0.3) is 0 Å². The molecule has 1 aliphatic heterocycles. The van der Waals surface area contributed by atoms with Crippen molar-refractivity contribution in [3.8, 4) is 0 Å². The van der Waals surface area contributed by atoms with E-state index in [9.17, 15) is 28.1 Å². The summed E-state index contributed by atoms with van der Waals surface area (Å²) in [6.07, 6.45) is 1.69. The third-order valence-corrected chi connectivity index (χ3v) is 6.98. The number of aromatic nitrogens is 2. The Balaban J connectivity index is 1.58. The van der Waals surface area contributed by atoms with Crippen LogP contribution in [0, 0.1) is 10.1 Å². The van der Waals surface area contributed by atoms with Gasteiger partial charge < -0.3 is 4.90 Å². The second-order valence-electron chi connectivity index (χ2n) is 8.03. The summed E-state index contributed by atoms with van der Waals surface area (Å²) < 4.78 is 28.3. The Morgan fingerprint density at radius 3 is 2.18 bits per heavy atom. The zero-order chi connectivity index (χ0) is 24.3. The fourth-order valence-corrected chi connectivity index (χ4v) is 4.86. The molecule has 1 aliphatic rings. The Morgan fingerprint density at radius 2 is 1.64 bits per heavy atom. The minimum atomic E-state index is -3.54. The SMILES string of the molecule is Cn1c(N2CCN(CCCN(c3ccc([N+](=O)[O-])cc3)S(C)(=O)=O)CC2)cc(=O)n(C)c1=O. The monoisotopic (exact) mass is 480 g/mol. The average Bonchev–Trinajstić information content (AvgIpc) is 2.77. The number of nitrogens with zero attached hydrogens (tertiary/aromatic N) is 6. The van der Waals surface area contributed by atoms with Crippen molar-refractivity contribution in [3.63, 3.8) is 0 Å². The first kappa shape index (κ1) is 24.5. The standard InChI is InChI=1S/C20H28N6O6S/c1-21-18(15-19(27)22(2)20(21)28)24-13-11-23(12-14-24)9-4-10-25(33(3,31)32)16-5-7-17(8-6-16)26(29)30/h5-8,15H,4,9-14H2,1-3H3. The fraction of sp³-hybridized carbons (Fsp3) is 0.500. The molecule has 12 nitrogen and oxygen atoms in total. The molecule has 3 rings (SSSR count). The molecule has 0 radical (unpaired) electrons. The van der Waals surface area contributed by atoms with Crippen LogP contribution >= 0.6 is 0 Å². The number of hydrogen-bond acceptors (Lipinski definition) is 8. The number of hydrogen-bond donors (Lipinski definition) is 0. The molecule has 0 saturated carbocycles. The van der Waals surface area contributed by atoms with Gasteiger partial charge in [-0.3, -0.25) is 33.2 Å². The van der Waals surface area contributed by atoms with Crippen molar-refractivity contribution < 1.29 is 13.3 Å². The highest BCUT2D eigenvalue weighted by molar-refractivity contribution is 7.92. The Bertz CT molecular complexity index is 1230. The molecular formula is C20H28N6O6S. The van der Waals surface area contributed by atoms with E-state index in [1.807, 2.05) is 4.90 Å². The predicted molar refractivity (Wildman–Crippen MR) is 125 cm³/mol. The van der Waals surface area contributed by atoms with Crippen LogP contribution in [0.15, 0.2) is 39.9 Å². The first-order valence-corrected chi connectivity index (χ1v) is 12.3. The lowest BCUT2D eigenvalue weighted by Gasteiger charge is -2.36. The van der Waals surface area contributed by atoms with Crippen LogP contribution in [0.1, 0.15) is 6.42 Å². The summed E-state index contributed by atoms with van der Waals surface area (Å²) >= 11 is 0. The Kier molecular flexibility index (Phi) is 7.22. The topological polar surface area (TPSA) is 131 Å². The van der Waals surface area contributed by atoms with Crippen LogP contribution in [0.4, 0.5) is 17.2 Å². The fourth-order valence-electron chi connectivity index (χ4n) is 3.89. The molecule has 33 heavy (non-hydrogen) atoms. The molecule has 2 heterocycles. The number of anilines is 2. The molecule has 0 spiro atoms. The van der Waals surface area contributed by atoms with Gasteiger partial charge in [-0.2, -0.15) is 0 Å². The summed E-state index contributed by atoms with van der Waals surface area (Å²) in [4.78, 5) is 38.7. The number of nitro groups is 1. The molecule has 13 heteroatoms. The lowest BCUT2D eigenvalue weighted by molar-refractivity contribution is -0.384. The molecule has 0 bridgehead atoms. The maximum Gasteiger partial charge on any atom is 0.332 e. The van der Waals surface area contributed by atoms with Crippen molar-refractivity contribution in [2.75, 3.05) is 54.7 Å². The van der Waals surface area contributed by atoms with Crippen LogP contribution in [0.2, 0.25) is 0 Å². The van der Waals surface area contributed by atoms with Crippen molar-refractivity contribution in [1.29, 1.82) is 0 Å². The Labute approximate surface area is 191 Å². The van der Waals surface area contributed by atoms with E-state index in [0.29, 0.717) is 50.6 Å². The lowest BCUT2D eigenvalue weighted by atomic mass is 10.2. The summed E-state index contributed by atoms with van der Waals surface area (Å²) in [7, 11) is -0.455. The largest absolute Gasteiger partial charge is 0.355 e. The van der Waals surface area contributed by atoms with Gasteiger partial charge in [0.2, 0.25) is 10.0 Å². The number of nitro benzene ring substituents is 1. The quantitative estimate of drug-likeness (QED) is 0.380. The molecular weight excluding hydrogens is 452 g/mol. The summed E-state index contributed by atoms with van der Waals surface area (Å²) in [6.45, 7) is 3.61. The second-order valence-corrected chi connectivity index (χ2v) is 9.94. The summed E-state index contributed by atoms with van der Waals surface area (Å²) in [5.74, 6) is 0.587. The van der Waals surface area contributed by atoms with Gasteiger partial charge in [-0.1, -0.05) is 0 Å². The van der Waals surface area contributed by atoms with Gasteiger partial charge in [0, 0.05) is 71.6 Å². The third kappa shape index (κ3) is 5.60. The number of benzene rings is 1. The summed E-state index contributed by atoms with van der Waals surface area (Å²) in [5.41, 5.74) is -0.423. The van der Waals surface area contributed by atoms with Crippen molar-refractivity contribution in [1.82, 2.24) is 14.0 Å². The molecule has 180 valence electrons. The maximum atomic E-state index is 12.3. The maximum absolute atomic E-state index is 12.3. The van der Waals surface area contributed by atoms with E-state index < -0.39 is 14.9 Å². The molecule has 1 fully saturated rings. The minimum Gasteiger partial charge on any atom is -0.355 e. The van der Waals surface area contributed by atoms with Gasteiger partial charge in [-0.15, -0.1) is 0 Å². The number of non-ortho nitro benzene ring substituents is 1. The highest BCUT2D eigenvalue weighted by atomic mass is 32.2.